The van der Waals surface area contributed by atoms with Gasteiger partial charge in [-0.3, -0.25) is 0 Å². The van der Waals surface area contributed by atoms with Gasteiger partial charge in [-0.15, -0.1) is 0 Å². The Morgan fingerprint density at radius 1 is 1.17 bits per heavy atom. The fourth-order valence-corrected chi connectivity index (χ4v) is 1.59. The van der Waals surface area contributed by atoms with Crippen molar-refractivity contribution < 1.29 is 0 Å². The van der Waals surface area contributed by atoms with E-state index < -0.39 is 0 Å². The summed E-state index contributed by atoms with van der Waals surface area (Å²) in [6.07, 6.45) is 1.24. The van der Waals surface area contributed by atoms with Crippen LogP contribution in [0.4, 0.5) is 0 Å². The van der Waals surface area contributed by atoms with Gasteiger partial charge in [0.05, 0.1) is 0 Å². The summed E-state index contributed by atoms with van der Waals surface area (Å²) >= 11 is 0. The van der Waals surface area contributed by atoms with Gasteiger partial charge in [0, 0.05) is 6.04 Å². The van der Waals surface area contributed by atoms with E-state index in [1.165, 1.54) is 6.42 Å². The van der Waals surface area contributed by atoms with E-state index in [0.717, 1.165) is 12.5 Å². The highest BCUT2D eigenvalue weighted by atomic mass is 15.1. The standard InChI is InChI=1S/C10H24N2/c1-8(2)6-10(12(4)5)9(3)7-11/h8-10H,6-7,11H2,1-5H3. The predicted octanol–water partition coefficient (Wildman–Crippen LogP) is 1.56. The summed E-state index contributed by atoms with van der Waals surface area (Å²) in [7, 11) is 4.28. The number of hydrogen-bond donors (Lipinski definition) is 1. The van der Waals surface area contributed by atoms with Crippen molar-refractivity contribution >= 4 is 0 Å². The summed E-state index contributed by atoms with van der Waals surface area (Å²) < 4.78 is 0. The first kappa shape index (κ1) is 11.9. The zero-order valence-corrected chi connectivity index (χ0v) is 9.17. The monoisotopic (exact) mass is 172 g/mol. The van der Waals surface area contributed by atoms with Crippen molar-refractivity contribution in [3.8, 4) is 0 Å². The summed E-state index contributed by atoms with van der Waals surface area (Å²) in [6.45, 7) is 7.54. The molecule has 0 fully saturated rings. The van der Waals surface area contributed by atoms with Crippen LogP contribution in [0.15, 0.2) is 0 Å². The van der Waals surface area contributed by atoms with E-state index in [4.69, 9.17) is 5.73 Å². The lowest BCUT2D eigenvalue weighted by atomic mass is 9.92. The Morgan fingerprint density at radius 2 is 1.67 bits per heavy atom. The van der Waals surface area contributed by atoms with E-state index in [2.05, 4.69) is 39.8 Å². The van der Waals surface area contributed by atoms with E-state index in [-0.39, 0.29) is 0 Å². The molecule has 0 saturated heterocycles. The molecule has 0 bridgehead atoms. The van der Waals surface area contributed by atoms with Crippen LogP contribution in [0.2, 0.25) is 0 Å². The van der Waals surface area contributed by atoms with Crippen molar-refractivity contribution in [1.29, 1.82) is 0 Å². The first-order chi connectivity index (χ1) is 5.49. The minimum atomic E-state index is 0.599. The van der Waals surface area contributed by atoms with Crippen LogP contribution in [0.1, 0.15) is 27.2 Å². The first-order valence-corrected chi connectivity index (χ1v) is 4.85. The second kappa shape index (κ2) is 5.55. The van der Waals surface area contributed by atoms with Gasteiger partial charge in [0.2, 0.25) is 0 Å². The molecular weight excluding hydrogens is 148 g/mol. The molecule has 2 nitrogen and oxygen atoms in total. The van der Waals surface area contributed by atoms with E-state index in [9.17, 15) is 0 Å². The minimum absolute atomic E-state index is 0.599. The maximum atomic E-state index is 5.66. The molecule has 2 unspecified atom stereocenters. The topological polar surface area (TPSA) is 29.3 Å². The number of nitrogens with two attached hydrogens (primary N) is 1. The van der Waals surface area contributed by atoms with E-state index in [1.54, 1.807) is 0 Å². The molecule has 0 aromatic carbocycles. The molecule has 0 amide bonds. The Labute approximate surface area is 77.1 Å². The van der Waals surface area contributed by atoms with Crippen molar-refractivity contribution in [3.63, 3.8) is 0 Å². The molecule has 12 heavy (non-hydrogen) atoms. The van der Waals surface area contributed by atoms with Gasteiger partial charge < -0.3 is 10.6 Å². The van der Waals surface area contributed by atoms with Gasteiger partial charge in [-0.1, -0.05) is 20.8 Å². The van der Waals surface area contributed by atoms with E-state index in [0.29, 0.717) is 12.0 Å². The fourth-order valence-electron chi connectivity index (χ4n) is 1.59. The molecule has 0 aliphatic heterocycles. The van der Waals surface area contributed by atoms with Gasteiger partial charge in [-0.05, 0) is 38.9 Å². The van der Waals surface area contributed by atoms with Crippen molar-refractivity contribution in [2.24, 2.45) is 17.6 Å². The van der Waals surface area contributed by atoms with Gasteiger partial charge in [0.15, 0.2) is 0 Å². The molecule has 0 rings (SSSR count). The average molecular weight is 172 g/mol. The highest BCUT2D eigenvalue weighted by Crippen LogP contribution is 2.16. The normalized spacial score (nSPS) is 17.0. The SMILES string of the molecule is CC(C)CC(C(C)CN)N(C)C. The zero-order valence-electron chi connectivity index (χ0n) is 9.17. The molecule has 2 atom stereocenters. The smallest absolute Gasteiger partial charge is 0.0129 e. The summed E-state index contributed by atoms with van der Waals surface area (Å²) in [5, 5.41) is 0. The molecule has 0 heterocycles. The molecule has 0 aliphatic rings. The van der Waals surface area contributed by atoms with Crippen molar-refractivity contribution in [2.45, 2.75) is 33.2 Å². The van der Waals surface area contributed by atoms with Crippen LogP contribution in [-0.4, -0.2) is 31.6 Å². The van der Waals surface area contributed by atoms with Gasteiger partial charge in [0.1, 0.15) is 0 Å². The molecule has 0 radical (unpaired) electrons. The second-order valence-electron chi connectivity index (χ2n) is 4.37. The number of nitrogens with zero attached hydrogens (tertiary/aromatic N) is 1. The lowest BCUT2D eigenvalue weighted by molar-refractivity contribution is 0.193. The van der Waals surface area contributed by atoms with Crippen LogP contribution < -0.4 is 5.73 Å². The quantitative estimate of drug-likeness (QED) is 0.682. The van der Waals surface area contributed by atoms with Crippen LogP contribution in [-0.2, 0) is 0 Å². The third-order valence-electron chi connectivity index (χ3n) is 2.40. The summed E-state index contributed by atoms with van der Waals surface area (Å²) in [5.74, 6) is 1.36. The maximum absolute atomic E-state index is 5.66. The van der Waals surface area contributed by atoms with Crippen molar-refractivity contribution in [2.75, 3.05) is 20.6 Å². The highest BCUT2D eigenvalue weighted by molar-refractivity contribution is 4.74. The van der Waals surface area contributed by atoms with Gasteiger partial charge in [0.25, 0.3) is 0 Å². The molecule has 0 spiro atoms. The summed E-state index contributed by atoms with van der Waals surface area (Å²) in [5.41, 5.74) is 5.66. The highest BCUT2D eigenvalue weighted by Gasteiger charge is 2.18. The fraction of sp³-hybridized carbons (Fsp3) is 1.00. The third kappa shape index (κ3) is 4.07. The Morgan fingerprint density at radius 3 is 1.92 bits per heavy atom. The van der Waals surface area contributed by atoms with Gasteiger partial charge >= 0.3 is 0 Å². The lowest BCUT2D eigenvalue weighted by Gasteiger charge is -2.30. The minimum Gasteiger partial charge on any atom is -0.330 e. The van der Waals surface area contributed by atoms with Crippen LogP contribution in [0.3, 0.4) is 0 Å². The summed E-state index contributed by atoms with van der Waals surface area (Å²) in [6, 6.07) is 0.634. The number of rotatable bonds is 5. The van der Waals surface area contributed by atoms with Crippen molar-refractivity contribution in [1.82, 2.24) is 4.90 Å². The van der Waals surface area contributed by atoms with Crippen LogP contribution in [0.5, 0.6) is 0 Å². The van der Waals surface area contributed by atoms with E-state index in [1.807, 2.05) is 0 Å². The first-order valence-electron chi connectivity index (χ1n) is 4.85. The van der Waals surface area contributed by atoms with Crippen LogP contribution in [0.25, 0.3) is 0 Å². The Kier molecular flexibility index (Phi) is 5.51. The zero-order chi connectivity index (χ0) is 9.72. The molecule has 74 valence electrons. The van der Waals surface area contributed by atoms with Crippen LogP contribution >= 0.6 is 0 Å². The average Bonchev–Trinajstić information content (AvgIpc) is 1.98. The Bertz CT molecular complexity index is 110. The second-order valence-corrected chi connectivity index (χ2v) is 4.37. The number of hydrogen-bond acceptors (Lipinski definition) is 2. The molecule has 2 heteroatoms. The largest absolute Gasteiger partial charge is 0.330 e. The molecule has 0 saturated carbocycles. The van der Waals surface area contributed by atoms with E-state index >= 15 is 0 Å². The van der Waals surface area contributed by atoms with Gasteiger partial charge in [-0.25, -0.2) is 0 Å². The molecule has 0 aromatic rings. The Balaban J connectivity index is 4.03. The maximum Gasteiger partial charge on any atom is 0.0129 e. The Hall–Kier alpha value is -0.0800. The van der Waals surface area contributed by atoms with Crippen molar-refractivity contribution in [3.05, 3.63) is 0 Å². The van der Waals surface area contributed by atoms with Gasteiger partial charge in [-0.2, -0.15) is 0 Å². The molecular formula is C10H24N2. The molecule has 0 aliphatic carbocycles. The molecule has 0 aromatic heterocycles. The summed E-state index contributed by atoms with van der Waals surface area (Å²) in [4.78, 5) is 2.29. The predicted molar refractivity (Wildman–Crippen MR) is 55.1 cm³/mol. The third-order valence-corrected chi connectivity index (χ3v) is 2.40. The lowest BCUT2D eigenvalue weighted by Crippen LogP contribution is -2.38. The van der Waals surface area contributed by atoms with Crippen LogP contribution in [0, 0.1) is 11.8 Å². The molecule has 2 N–H and O–H groups in total.